The lowest BCUT2D eigenvalue weighted by Gasteiger charge is -2.14. The van der Waals surface area contributed by atoms with Crippen LogP contribution in [0.1, 0.15) is 46.0 Å². The third-order valence-corrected chi connectivity index (χ3v) is 3.43. The second-order valence-electron chi connectivity index (χ2n) is 5.32. The largest absolute Gasteiger partial charge is 0.494 e. The smallest absolute Gasteiger partial charge is 0.226 e. The molecule has 0 aliphatic carbocycles. The zero-order valence-corrected chi connectivity index (χ0v) is 15.2. The van der Waals surface area contributed by atoms with Crippen LogP contribution in [0, 0.1) is 0 Å². The lowest BCUT2D eigenvalue weighted by molar-refractivity contribution is -0.119. The van der Waals surface area contributed by atoms with Crippen molar-refractivity contribution in [2.75, 3.05) is 17.7 Å². The highest BCUT2D eigenvalue weighted by Gasteiger charge is 2.10. The summed E-state index contributed by atoms with van der Waals surface area (Å²) in [7, 11) is 1.53. The van der Waals surface area contributed by atoms with E-state index in [1.165, 1.54) is 7.11 Å². The molecule has 24 heavy (non-hydrogen) atoms. The Morgan fingerprint density at radius 2 is 1.83 bits per heavy atom. The van der Waals surface area contributed by atoms with E-state index in [-0.39, 0.29) is 16.9 Å². The Balaban J connectivity index is 2.70. The third-order valence-electron chi connectivity index (χ3n) is 3.22. The number of rotatable bonds is 8. The van der Waals surface area contributed by atoms with E-state index >= 15 is 0 Å². The molecule has 0 heterocycles. The zero-order chi connectivity index (χ0) is 17.9. The summed E-state index contributed by atoms with van der Waals surface area (Å²) >= 11 is 5.10. The number of carbonyl (C=O) groups excluding carboxylic acids is 2. The molecule has 0 aliphatic rings. The first-order valence-electron chi connectivity index (χ1n) is 8.08. The SMILES string of the molecule is CCCCC(=O)Nc1ccc(NC(=S)NC(=O)CCC)cc1OC. The van der Waals surface area contributed by atoms with Gasteiger partial charge in [-0.15, -0.1) is 0 Å². The molecule has 7 heteroatoms. The Morgan fingerprint density at radius 3 is 2.46 bits per heavy atom. The number of unbranched alkanes of at least 4 members (excludes halogenated alkanes) is 1. The summed E-state index contributed by atoms with van der Waals surface area (Å²) in [4.78, 5) is 23.4. The van der Waals surface area contributed by atoms with Gasteiger partial charge in [0.25, 0.3) is 0 Å². The van der Waals surface area contributed by atoms with E-state index in [1.54, 1.807) is 18.2 Å². The van der Waals surface area contributed by atoms with Crippen molar-refractivity contribution in [3.05, 3.63) is 18.2 Å². The second-order valence-corrected chi connectivity index (χ2v) is 5.73. The highest BCUT2D eigenvalue weighted by molar-refractivity contribution is 7.80. The van der Waals surface area contributed by atoms with E-state index in [2.05, 4.69) is 16.0 Å². The van der Waals surface area contributed by atoms with Crippen LogP contribution in [0.25, 0.3) is 0 Å². The molecular weight excluding hydrogens is 326 g/mol. The lowest BCUT2D eigenvalue weighted by atomic mass is 10.2. The van der Waals surface area contributed by atoms with Crippen molar-refractivity contribution < 1.29 is 14.3 Å². The summed E-state index contributed by atoms with van der Waals surface area (Å²) in [5.74, 6) is 0.354. The van der Waals surface area contributed by atoms with Gasteiger partial charge < -0.3 is 20.7 Å². The number of ether oxygens (including phenoxy) is 1. The zero-order valence-electron chi connectivity index (χ0n) is 14.4. The number of methoxy groups -OCH3 is 1. The molecular formula is C17H25N3O3S. The maximum atomic E-state index is 11.8. The molecule has 0 spiro atoms. The average molecular weight is 351 g/mol. The van der Waals surface area contributed by atoms with Crippen LogP contribution < -0.4 is 20.7 Å². The minimum absolute atomic E-state index is 0.0433. The van der Waals surface area contributed by atoms with Gasteiger partial charge in [-0.05, 0) is 37.2 Å². The van der Waals surface area contributed by atoms with Crippen molar-refractivity contribution in [3.8, 4) is 5.75 Å². The summed E-state index contributed by atoms with van der Waals surface area (Å²) in [6, 6.07) is 5.21. The predicted octanol–water partition coefficient (Wildman–Crippen LogP) is 3.44. The quantitative estimate of drug-likeness (QED) is 0.625. The van der Waals surface area contributed by atoms with Gasteiger partial charge in [-0.25, -0.2) is 0 Å². The number of nitrogens with one attached hydrogen (secondary N) is 3. The van der Waals surface area contributed by atoms with Crippen LogP contribution in [0.4, 0.5) is 11.4 Å². The van der Waals surface area contributed by atoms with Crippen LogP contribution in [0.2, 0.25) is 0 Å². The van der Waals surface area contributed by atoms with Gasteiger partial charge in [0.15, 0.2) is 5.11 Å². The molecule has 6 nitrogen and oxygen atoms in total. The van der Waals surface area contributed by atoms with Crippen molar-refractivity contribution in [2.24, 2.45) is 0 Å². The fourth-order valence-corrected chi connectivity index (χ4v) is 2.23. The van der Waals surface area contributed by atoms with Gasteiger partial charge in [-0.3, -0.25) is 9.59 Å². The molecule has 132 valence electrons. The van der Waals surface area contributed by atoms with E-state index in [0.29, 0.717) is 30.0 Å². The van der Waals surface area contributed by atoms with Crippen molar-refractivity contribution in [1.82, 2.24) is 5.32 Å². The summed E-state index contributed by atoms with van der Waals surface area (Å²) < 4.78 is 5.31. The Kier molecular flexibility index (Phi) is 8.78. The Morgan fingerprint density at radius 1 is 1.08 bits per heavy atom. The van der Waals surface area contributed by atoms with Gasteiger partial charge >= 0.3 is 0 Å². The van der Waals surface area contributed by atoms with Gasteiger partial charge in [0, 0.05) is 24.6 Å². The molecule has 0 bridgehead atoms. The Hall–Kier alpha value is -2.15. The van der Waals surface area contributed by atoms with Gasteiger partial charge in [0.05, 0.1) is 12.8 Å². The van der Waals surface area contributed by atoms with Gasteiger partial charge in [0.2, 0.25) is 11.8 Å². The van der Waals surface area contributed by atoms with Crippen LogP contribution in [0.15, 0.2) is 18.2 Å². The van der Waals surface area contributed by atoms with Crippen molar-refractivity contribution >= 4 is 40.5 Å². The molecule has 1 rings (SSSR count). The highest BCUT2D eigenvalue weighted by Crippen LogP contribution is 2.28. The number of amides is 2. The highest BCUT2D eigenvalue weighted by atomic mass is 32.1. The number of benzene rings is 1. The Bertz CT molecular complexity index is 590. The summed E-state index contributed by atoms with van der Waals surface area (Å²) in [6.45, 7) is 3.96. The molecule has 3 N–H and O–H groups in total. The van der Waals surface area contributed by atoms with Crippen molar-refractivity contribution in [2.45, 2.75) is 46.0 Å². The van der Waals surface area contributed by atoms with Gasteiger partial charge in [-0.1, -0.05) is 20.3 Å². The Labute approximate surface area is 148 Å². The molecule has 0 atom stereocenters. The molecule has 1 aromatic rings. The third kappa shape index (κ3) is 6.95. The van der Waals surface area contributed by atoms with E-state index in [0.717, 1.165) is 19.3 Å². The van der Waals surface area contributed by atoms with E-state index in [4.69, 9.17) is 17.0 Å². The van der Waals surface area contributed by atoms with Gasteiger partial charge in [0.1, 0.15) is 5.75 Å². The van der Waals surface area contributed by atoms with Crippen LogP contribution in [0.3, 0.4) is 0 Å². The summed E-state index contributed by atoms with van der Waals surface area (Å²) in [5.41, 5.74) is 1.27. The molecule has 0 radical (unpaired) electrons. The molecule has 0 saturated carbocycles. The average Bonchev–Trinajstić information content (AvgIpc) is 2.54. The monoisotopic (exact) mass is 351 g/mol. The predicted molar refractivity (Wildman–Crippen MR) is 100 cm³/mol. The molecule has 2 amide bonds. The number of hydrogen-bond acceptors (Lipinski definition) is 4. The first kappa shape index (κ1) is 19.9. The van der Waals surface area contributed by atoms with Crippen molar-refractivity contribution in [3.63, 3.8) is 0 Å². The minimum atomic E-state index is -0.123. The molecule has 0 saturated heterocycles. The van der Waals surface area contributed by atoms with Gasteiger partial charge in [-0.2, -0.15) is 0 Å². The van der Waals surface area contributed by atoms with E-state index < -0.39 is 0 Å². The number of carbonyl (C=O) groups is 2. The lowest BCUT2D eigenvalue weighted by Crippen LogP contribution is -2.33. The maximum Gasteiger partial charge on any atom is 0.226 e. The summed E-state index contributed by atoms with van der Waals surface area (Å²) in [5, 5.41) is 8.60. The molecule has 0 unspecified atom stereocenters. The van der Waals surface area contributed by atoms with Crippen molar-refractivity contribution in [1.29, 1.82) is 0 Å². The standard InChI is InChI=1S/C17H25N3O3S/c1-4-6-8-16(22)19-13-10-9-12(11-14(13)23-3)18-17(24)20-15(21)7-5-2/h9-11H,4-8H2,1-3H3,(H,19,22)(H2,18,20,21,24). The van der Waals surface area contributed by atoms with Crippen LogP contribution >= 0.6 is 12.2 Å². The second kappa shape index (κ2) is 10.6. The fourth-order valence-electron chi connectivity index (χ4n) is 2.00. The number of thiocarbonyl (C=S) groups is 1. The maximum absolute atomic E-state index is 11.8. The molecule has 1 aromatic carbocycles. The topological polar surface area (TPSA) is 79.5 Å². The van der Waals surface area contributed by atoms with Crippen LogP contribution in [-0.2, 0) is 9.59 Å². The summed E-state index contributed by atoms with van der Waals surface area (Å²) in [6.07, 6.45) is 3.48. The van der Waals surface area contributed by atoms with Crippen LogP contribution in [0.5, 0.6) is 5.75 Å². The van der Waals surface area contributed by atoms with E-state index in [1.807, 2.05) is 13.8 Å². The van der Waals surface area contributed by atoms with Crippen LogP contribution in [-0.4, -0.2) is 24.0 Å². The molecule has 0 fully saturated rings. The number of hydrogen-bond donors (Lipinski definition) is 3. The molecule has 0 aliphatic heterocycles. The first-order valence-corrected chi connectivity index (χ1v) is 8.49. The molecule has 0 aromatic heterocycles. The fraction of sp³-hybridized carbons (Fsp3) is 0.471. The first-order chi connectivity index (χ1) is 11.5. The van der Waals surface area contributed by atoms with E-state index in [9.17, 15) is 9.59 Å². The minimum Gasteiger partial charge on any atom is -0.494 e. The number of anilines is 2. The normalized spacial score (nSPS) is 9.96.